The van der Waals surface area contributed by atoms with Crippen LogP contribution in [-0.4, -0.2) is 32.0 Å². The summed E-state index contributed by atoms with van der Waals surface area (Å²) in [7, 11) is 4.77. The van der Waals surface area contributed by atoms with Crippen LogP contribution >= 0.6 is 38.5 Å². The van der Waals surface area contributed by atoms with E-state index in [-0.39, 0.29) is 11.5 Å². The zero-order valence-corrected chi connectivity index (χ0v) is 18.9. The molecule has 7 heteroatoms. The van der Waals surface area contributed by atoms with Crippen LogP contribution in [0.4, 0.5) is 0 Å². The van der Waals surface area contributed by atoms with Crippen LogP contribution in [0.15, 0.2) is 46.4 Å². The zero-order chi connectivity index (χ0) is 20.0. The second-order valence-corrected chi connectivity index (χ2v) is 7.90. The summed E-state index contributed by atoms with van der Waals surface area (Å²) in [6.45, 7) is 0.400. The highest BCUT2D eigenvalue weighted by Crippen LogP contribution is 2.35. The van der Waals surface area contributed by atoms with Crippen LogP contribution in [0.1, 0.15) is 11.1 Å². The van der Waals surface area contributed by atoms with Gasteiger partial charge in [-0.25, -0.2) is 0 Å². The summed E-state index contributed by atoms with van der Waals surface area (Å²) in [6.07, 6.45) is 1.55. The highest BCUT2D eigenvalue weighted by molar-refractivity contribution is 14.1. The summed E-state index contributed by atoms with van der Waals surface area (Å²) >= 11 is 5.56. The molecule has 0 aliphatic heterocycles. The molecule has 0 aliphatic carbocycles. The molecule has 140 valence electrons. The van der Waals surface area contributed by atoms with Gasteiger partial charge in [-0.15, -0.1) is 0 Å². The predicted molar refractivity (Wildman–Crippen MR) is 116 cm³/mol. The summed E-state index contributed by atoms with van der Waals surface area (Å²) in [6, 6.07) is 13.4. The van der Waals surface area contributed by atoms with E-state index in [0.29, 0.717) is 23.7 Å². The number of ether oxygens (including phenoxy) is 2. The lowest BCUT2D eigenvalue weighted by atomic mass is 10.1. The average Bonchev–Trinajstić information content (AvgIpc) is 2.65. The molecule has 0 heterocycles. The van der Waals surface area contributed by atoms with Gasteiger partial charge in [0.15, 0.2) is 11.5 Å². The summed E-state index contributed by atoms with van der Waals surface area (Å²) in [5, 5.41) is 9.26. The highest BCUT2D eigenvalue weighted by atomic mass is 127. The number of benzene rings is 2. The van der Waals surface area contributed by atoms with Gasteiger partial charge >= 0.3 is 0 Å². The smallest absolute Gasteiger partial charge is 0.264 e. The quantitative estimate of drug-likeness (QED) is 0.304. The lowest BCUT2D eigenvalue weighted by molar-refractivity contribution is -0.124. The van der Waals surface area contributed by atoms with Gasteiger partial charge < -0.3 is 14.4 Å². The summed E-state index contributed by atoms with van der Waals surface area (Å²) < 4.78 is 13.2. The van der Waals surface area contributed by atoms with Gasteiger partial charge in [0.1, 0.15) is 18.2 Å². The van der Waals surface area contributed by atoms with Gasteiger partial charge in [-0.3, -0.25) is 4.79 Å². The fourth-order valence-electron chi connectivity index (χ4n) is 2.25. The fraction of sp³-hybridized carbons (Fsp3) is 0.200. The monoisotopic (exact) mass is 540 g/mol. The van der Waals surface area contributed by atoms with Gasteiger partial charge in [0.05, 0.1) is 10.7 Å². The first-order valence-corrected chi connectivity index (χ1v) is 9.81. The molecule has 0 fully saturated rings. The Morgan fingerprint density at radius 1 is 1.30 bits per heavy atom. The Morgan fingerprint density at radius 2 is 1.96 bits per heavy atom. The SMILES string of the molecule is COc1cc(/C=C(/C#N)C(=O)N(C)C)cc(I)c1OCc1ccc(Br)cc1. The summed E-state index contributed by atoms with van der Waals surface area (Å²) in [5.41, 5.74) is 1.78. The van der Waals surface area contributed by atoms with Crippen LogP contribution in [0.25, 0.3) is 6.08 Å². The van der Waals surface area contributed by atoms with Crippen molar-refractivity contribution in [2.24, 2.45) is 0 Å². The van der Waals surface area contributed by atoms with E-state index in [4.69, 9.17) is 9.47 Å². The van der Waals surface area contributed by atoms with Gasteiger partial charge in [0.2, 0.25) is 0 Å². The van der Waals surface area contributed by atoms with Gasteiger partial charge in [0.25, 0.3) is 5.91 Å². The van der Waals surface area contributed by atoms with Crippen molar-refractivity contribution in [1.29, 1.82) is 5.26 Å². The van der Waals surface area contributed by atoms with Crippen LogP contribution in [0.3, 0.4) is 0 Å². The van der Waals surface area contributed by atoms with Gasteiger partial charge in [-0.1, -0.05) is 28.1 Å². The topological polar surface area (TPSA) is 62.6 Å². The van der Waals surface area contributed by atoms with Crippen molar-refractivity contribution in [1.82, 2.24) is 4.90 Å². The van der Waals surface area contributed by atoms with Crippen molar-refractivity contribution >= 4 is 50.5 Å². The number of halogens is 2. The molecule has 0 saturated heterocycles. The molecule has 0 N–H and O–H groups in total. The fourth-order valence-corrected chi connectivity index (χ4v) is 3.29. The number of likely N-dealkylation sites (N-methyl/N-ethyl adjacent to an activating group) is 1. The normalized spacial score (nSPS) is 10.9. The van der Waals surface area contributed by atoms with Crippen LogP contribution in [-0.2, 0) is 11.4 Å². The van der Waals surface area contributed by atoms with Crippen LogP contribution < -0.4 is 9.47 Å². The van der Waals surface area contributed by atoms with Crippen molar-refractivity contribution in [2.75, 3.05) is 21.2 Å². The number of hydrogen-bond donors (Lipinski definition) is 0. The molecule has 2 aromatic rings. The zero-order valence-electron chi connectivity index (χ0n) is 15.1. The van der Waals surface area contributed by atoms with E-state index in [9.17, 15) is 10.1 Å². The van der Waals surface area contributed by atoms with Crippen molar-refractivity contribution < 1.29 is 14.3 Å². The Hall–Kier alpha value is -2.05. The van der Waals surface area contributed by atoms with Crippen LogP contribution in [0, 0.1) is 14.9 Å². The largest absolute Gasteiger partial charge is 0.493 e. The Morgan fingerprint density at radius 3 is 2.52 bits per heavy atom. The Kier molecular flexibility index (Phi) is 7.68. The molecule has 0 saturated carbocycles. The minimum Gasteiger partial charge on any atom is -0.493 e. The number of rotatable bonds is 6. The van der Waals surface area contributed by atoms with Crippen molar-refractivity contribution in [2.45, 2.75) is 6.61 Å². The molecule has 0 unspecified atom stereocenters. The van der Waals surface area contributed by atoms with Crippen molar-refractivity contribution in [3.63, 3.8) is 0 Å². The molecule has 1 amide bonds. The maximum Gasteiger partial charge on any atom is 0.264 e. The minimum absolute atomic E-state index is 0.0568. The number of methoxy groups -OCH3 is 1. The summed E-state index contributed by atoms with van der Waals surface area (Å²) in [4.78, 5) is 13.4. The number of hydrogen-bond acceptors (Lipinski definition) is 4. The highest BCUT2D eigenvalue weighted by Gasteiger charge is 2.15. The molecule has 0 bridgehead atoms. The van der Waals surface area contributed by atoms with E-state index in [1.54, 1.807) is 33.3 Å². The molecule has 0 spiro atoms. The molecular weight excluding hydrogens is 523 g/mol. The molecule has 2 aromatic carbocycles. The first-order chi connectivity index (χ1) is 12.8. The van der Waals surface area contributed by atoms with E-state index >= 15 is 0 Å². The first kappa shape index (κ1) is 21.3. The van der Waals surface area contributed by atoms with E-state index < -0.39 is 0 Å². The lowest BCUT2D eigenvalue weighted by Crippen LogP contribution is -2.22. The Bertz CT molecular complexity index is 903. The van der Waals surface area contributed by atoms with E-state index in [1.165, 1.54) is 4.90 Å². The molecular formula is C20H18BrIN2O3. The second kappa shape index (κ2) is 9.76. The maximum absolute atomic E-state index is 12.0. The molecule has 0 atom stereocenters. The number of carbonyl (C=O) groups excluding carboxylic acids is 1. The van der Waals surface area contributed by atoms with Crippen LogP contribution in [0.2, 0.25) is 0 Å². The van der Waals surface area contributed by atoms with Gasteiger partial charge in [-0.05, 0) is 64.1 Å². The number of amides is 1. The molecule has 0 radical (unpaired) electrons. The third-order valence-corrected chi connectivity index (χ3v) is 4.95. The predicted octanol–water partition coefficient (Wildman–Crippen LogP) is 4.64. The third-order valence-electron chi connectivity index (χ3n) is 3.62. The van der Waals surface area contributed by atoms with E-state index in [0.717, 1.165) is 13.6 Å². The minimum atomic E-state index is -0.345. The number of nitrogens with zero attached hydrogens (tertiary/aromatic N) is 2. The van der Waals surface area contributed by atoms with Gasteiger partial charge in [-0.2, -0.15) is 5.26 Å². The number of carbonyl (C=O) groups is 1. The molecule has 0 aromatic heterocycles. The third kappa shape index (κ3) is 5.71. The number of nitriles is 1. The van der Waals surface area contributed by atoms with E-state index in [1.807, 2.05) is 36.4 Å². The second-order valence-electron chi connectivity index (χ2n) is 5.82. The lowest BCUT2D eigenvalue weighted by Gasteiger charge is -2.14. The maximum atomic E-state index is 12.0. The summed E-state index contributed by atoms with van der Waals surface area (Å²) in [5.74, 6) is 0.817. The average molecular weight is 541 g/mol. The van der Waals surface area contributed by atoms with Crippen molar-refractivity contribution in [3.8, 4) is 17.6 Å². The standard InChI is InChI=1S/C20H18BrIN2O3/c1-24(2)20(25)15(11-23)8-14-9-17(22)19(18(10-14)26-3)27-12-13-4-6-16(21)7-5-13/h4-10H,12H2,1-3H3/b15-8-. The Balaban J connectivity index is 2.30. The van der Waals surface area contributed by atoms with Crippen molar-refractivity contribution in [3.05, 3.63) is 61.1 Å². The molecule has 2 rings (SSSR count). The van der Waals surface area contributed by atoms with Gasteiger partial charge in [0, 0.05) is 18.6 Å². The molecule has 5 nitrogen and oxygen atoms in total. The molecule has 27 heavy (non-hydrogen) atoms. The Labute approximate surface area is 180 Å². The first-order valence-electron chi connectivity index (χ1n) is 7.94. The molecule has 0 aliphatic rings. The van der Waals surface area contributed by atoms with Crippen LogP contribution in [0.5, 0.6) is 11.5 Å². The van der Waals surface area contributed by atoms with E-state index in [2.05, 4.69) is 38.5 Å².